The molecule has 6 heteroatoms. The van der Waals surface area contributed by atoms with Crippen LogP contribution in [0.4, 0.5) is 0 Å². The van der Waals surface area contributed by atoms with Gasteiger partial charge in [0.15, 0.2) is 5.69 Å². The number of benzene rings is 1. The number of fused-ring (bicyclic) bond motifs is 1. The largest absolute Gasteiger partial charge is 0.446 e. The number of hydrogen-bond acceptors (Lipinski definition) is 4. The number of amides is 1. The highest BCUT2D eigenvalue weighted by molar-refractivity contribution is 5.91. The summed E-state index contributed by atoms with van der Waals surface area (Å²) in [5.41, 5.74) is 8.53. The number of oxazole rings is 1. The molecule has 6 nitrogen and oxygen atoms in total. The number of rotatable bonds is 4. The van der Waals surface area contributed by atoms with Crippen LogP contribution in [0.2, 0.25) is 0 Å². The Morgan fingerprint density at radius 1 is 1.48 bits per heavy atom. The summed E-state index contributed by atoms with van der Waals surface area (Å²) < 4.78 is 5.30. The van der Waals surface area contributed by atoms with Crippen molar-refractivity contribution in [2.75, 3.05) is 7.05 Å². The molecule has 0 spiro atoms. The van der Waals surface area contributed by atoms with Gasteiger partial charge < -0.3 is 20.5 Å². The van der Waals surface area contributed by atoms with Crippen molar-refractivity contribution < 1.29 is 9.21 Å². The van der Waals surface area contributed by atoms with Crippen molar-refractivity contribution in [1.29, 1.82) is 0 Å². The average Bonchev–Trinajstić information content (AvgIpc) is 3.14. The van der Waals surface area contributed by atoms with Gasteiger partial charge in [-0.3, -0.25) is 4.79 Å². The highest BCUT2D eigenvalue weighted by Gasteiger charge is 2.18. The van der Waals surface area contributed by atoms with Gasteiger partial charge in [0.05, 0.1) is 6.04 Å². The molecule has 3 aromatic rings. The summed E-state index contributed by atoms with van der Waals surface area (Å²) in [6, 6.07) is 7.62. The molecular formula is C15H16N4O2. The lowest BCUT2D eigenvalue weighted by Gasteiger charge is -2.06. The molecule has 4 N–H and O–H groups in total. The van der Waals surface area contributed by atoms with Gasteiger partial charge in [0.1, 0.15) is 6.26 Å². The molecule has 1 atom stereocenters. The minimum absolute atomic E-state index is 0.238. The van der Waals surface area contributed by atoms with Crippen molar-refractivity contribution in [1.82, 2.24) is 15.3 Å². The van der Waals surface area contributed by atoms with Gasteiger partial charge in [-0.15, -0.1) is 0 Å². The number of carbonyl (C=O) groups excluding carboxylic acids is 1. The maximum absolute atomic E-state index is 11.5. The predicted molar refractivity (Wildman–Crippen MR) is 78.8 cm³/mol. The third kappa shape index (κ3) is 2.53. The number of nitrogens with zero attached hydrogens (tertiary/aromatic N) is 1. The summed E-state index contributed by atoms with van der Waals surface area (Å²) in [6.07, 6.45) is 3.84. The Hall–Kier alpha value is -2.60. The summed E-state index contributed by atoms with van der Waals surface area (Å²) in [6.45, 7) is 0. The summed E-state index contributed by atoms with van der Waals surface area (Å²) in [7, 11) is 1.54. The van der Waals surface area contributed by atoms with Crippen LogP contribution in [0.25, 0.3) is 10.9 Å². The van der Waals surface area contributed by atoms with Gasteiger partial charge >= 0.3 is 0 Å². The summed E-state index contributed by atoms with van der Waals surface area (Å²) in [5, 5.41) is 3.63. The Morgan fingerprint density at radius 2 is 2.29 bits per heavy atom. The van der Waals surface area contributed by atoms with Crippen LogP contribution in [0.1, 0.15) is 28.0 Å². The highest BCUT2D eigenvalue weighted by atomic mass is 16.3. The quantitative estimate of drug-likeness (QED) is 0.680. The number of carbonyl (C=O) groups is 1. The molecule has 0 fully saturated rings. The van der Waals surface area contributed by atoms with E-state index in [-0.39, 0.29) is 11.6 Å². The molecule has 0 aliphatic carbocycles. The molecule has 0 saturated carbocycles. The minimum atomic E-state index is -0.400. The lowest BCUT2D eigenvalue weighted by atomic mass is 10.1. The fourth-order valence-corrected chi connectivity index (χ4v) is 2.32. The molecule has 3 rings (SSSR count). The smallest absolute Gasteiger partial charge is 0.272 e. The molecule has 2 aromatic heterocycles. The van der Waals surface area contributed by atoms with Gasteiger partial charge in [-0.25, -0.2) is 4.98 Å². The first-order valence-electron chi connectivity index (χ1n) is 6.67. The molecule has 0 bridgehead atoms. The third-order valence-corrected chi connectivity index (χ3v) is 3.41. The van der Waals surface area contributed by atoms with Crippen LogP contribution in [0.15, 0.2) is 41.1 Å². The highest BCUT2D eigenvalue weighted by Crippen LogP contribution is 2.22. The number of aromatic nitrogens is 2. The van der Waals surface area contributed by atoms with Crippen LogP contribution in [-0.4, -0.2) is 22.9 Å². The Kier molecular flexibility index (Phi) is 3.45. The topological polar surface area (TPSA) is 96.9 Å². The van der Waals surface area contributed by atoms with Gasteiger partial charge in [-0.1, -0.05) is 18.2 Å². The van der Waals surface area contributed by atoms with Gasteiger partial charge in [0.25, 0.3) is 5.91 Å². The molecule has 0 aliphatic rings. The van der Waals surface area contributed by atoms with E-state index in [1.165, 1.54) is 6.26 Å². The molecule has 108 valence electrons. The zero-order chi connectivity index (χ0) is 14.8. The summed E-state index contributed by atoms with van der Waals surface area (Å²) in [5.74, 6) is 0.0724. The average molecular weight is 284 g/mol. The Morgan fingerprint density at radius 3 is 3.10 bits per heavy atom. The maximum Gasteiger partial charge on any atom is 0.272 e. The van der Waals surface area contributed by atoms with E-state index in [0.29, 0.717) is 12.3 Å². The van der Waals surface area contributed by atoms with E-state index in [4.69, 9.17) is 10.2 Å². The molecule has 21 heavy (non-hydrogen) atoms. The van der Waals surface area contributed by atoms with Crippen molar-refractivity contribution in [3.8, 4) is 0 Å². The van der Waals surface area contributed by atoms with Crippen LogP contribution in [-0.2, 0) is 6.42 Å². The van der Waals surface area contributed by atoms with Crippen molar-refractivity contribution in [2.45, 2.75) is 12.5 Å². The lowest BCUT2D eigenvalue weighted by Crippen LogP contribution is -2.19. The Bertz CT molecular complexity index is 775. The van der Waals surface area contributed by atoms with Crippen LogP contribution < -0.4 is 11.1 Å². The molecule has 1 unspecified atom stereocenters. The third-order valence-electron chi connectivity index (χ3n) is 3.41. The van der Waals surface area contributed by atoms with Crippen LogP contribution in [0.5, 0.6) is 0 Å². The van der Waals surface area contributed by atoms with E-state index < -0.39 is 6.04 Å². The first-order valence-corrected chi connectivity index (χ1v) is 6.67. The Balaban J connectivity index is 1.81. The molecule has 0 aliphatic heterocycles. The molecule has 0 radical (unpaired) electrons. The predicted octanol–water partition coefficient (Wildman–Crippen LogP) is 1.76. The first-order chi connectivity index (χ1) is 10.2. The van der Waals surface area contributed by atoms with E-state index in [2.05, 4.69) is 15.3 Å². The number of nitrogens with one attached hydrogen (secondary N) is 2. The first kappa shape index (κ1) is 13.4. The summed E-state index contributed by atoms with van der Waals surface area (Å²) in [4.78, 5) is 18.8. The fourth-order valence-electron chi connectivity index (χ4n) is 2.32. The molecule has 2 heterocycles. The van der Waals surface area contributed by atoms with Crippen molar-refractivity contribution in [3.05, 3.63) is 53.9 Å². The lowest BCUT2D eigenvalue weighted by molar-refractivity contribution is 0.0958. The maximum atomic E-state index is 11.5. The van der Waals surface area contributed by atoms with Crippen LogP contribution >= 0.6 is 0 Å². The summed E-state index contributed by atoms with van der Waals surface area (Å²) >= 11 is 0. The number of H-pyrrole nitrogens is 1. The molecular weight excluding hydrogens is 268 g/mol. The fraction of sp³-hybridized carbons (Fsp3) is 0.200. The van der Waals surface area contributed by atoms with Gasteiger partial charge in [-0.05, 0) is 18.1 Å². The van der Waals surface area contributed by atoms with E-state index >= 15 is 0 Å². The van der Waals surface area contributed by atoms with E-state index in [1.807, 2.05) is 30.5 Å². The monoisotopic (exact) mass is 284 g/mol. The SMILES string of the molecule is CNC(=O)c1coc(C(N)Cc2c[nH]c3ccccc23)n1. The van der Waals surface area contributed by atoms with Gasteiger partial charge in [0, 0.05) is 24.1 Å². The normalized spacial score (nSPS) is 12.5. The van der Waals surface area contributed by atoms with E-state index in [0.717, 1.165) is 16.5 Å². The molecule has 0 saturated heterocycles. The van der Waals surface area contributed by atoms with Crippen molar-refractivity contribution >= 4 is 16.8 Å². The number of hydrogen-bond donors (Lipinski definition) is 3. The zero-order valence-corrected chi connectivity index (χ0v) is 11.6. The van der Waals surface area contributed by atoms with Gasteiger partial charge in [-0.2, -0.15) is 0 Å². The Labute approximate surface area is 121 Å². The standard InChI is InChI=1S/C15H16N4O2/c1-17-14(20)13-8-21-15(19-13)11(16)6-9-7-18-12-5-3-2-4-10(9)12/h2-5,7-8,11,18H,6,16H2,1H3,(H,17,20). The molecule has 1 aromatic carbocycles. The van der Waals surface area contributed by atoms with E-state index in [1.54, 1.807) is 7.05 Å². The van der Waals surface area contributed by atoms with Gasteiger partial charge in [0.2, 0.25) is 5.89 Å². The zero-order valence-electron chi connectivity index (χ0n) is 11.6. The number of nitrogens with two attached hydrogens (primary N) is 1. The van der Waals surface area contributed by atoms with Crippen molar-refractivity contribution in [3.63, 3.8) is 0 Å². The van der Waals surface area contributed by atoms with Crippen molar-refractivity contribution in [2.24, 2.45) is 5.73 Å². The molecule has 1 amide bonds. The second-order valence-electron chi connectivity index (χ2n) is 4.82. The number of para-hydroxylation sites is 1. The second kappa shape index (κ2) is 5.41. The van der Waals surface area contributed by atoms with Crippen LogP contribution in [0, 0.1) is 0 Å². The number of aromatic amines is 1. The second-order valence-corrected chi connectivity index (χ2v) is 4.82. The minimum Gasteiger partial charge on any atom is -0.446 e. The van der Waals surface area contributed by atoms with E-state index in [9.17, 15) is 4.79 Å². The van der Waals surface area contributed by atoms with Crippen LogP contribution in [0.3, 0.4) is 0 Å².